The summed E-state index contributed by atoms with van der Waals surface area (Å²) < 4.78 is 1.01. The lowest BCUT2D eigenvalue weighted by Gasteiger charge is -2.06. The van der Waals surface area contributed by atoms with Crippen molar-refractivity contribution in [2.45, 2.75) is 13.3 Å². The van der Waals surface area contributed by atoms with E-state index in [9.17, 15) is 0 Å². The number of nitrogens with zero attached hydrogens (tertiary/aromatic N) is 2. The van der Waals surface area contributed by atoms with Gasteiger partial charge in [0.2, 0.25) is 0 Å². The van der Waals surface area contributed by atoms with Crippen LogP contribution in [0.5, 0.6) is 0 Å². The van der Waals surface area contributed by atoms with E-state index in [0.29, 0.717) is 0 Å². The molecule has 1 aromatic carbocycles. The van der Waals surface area contributed by atoms with Gasteiger partial charge in [-0.25, -0.2) is 9.97 Å². The minimum Gasteiger partial charge on any atom is -0.370 e. The van der Waals surface area contributed by atoms with Crippen molar-refractivity contribution in [1.82, 2.24) is 9.97 Å². The molecule has 1 N–H and O–H groups in total. The molecule has 1 heterocycles. The summed E-state index contributed by atoms with van der Waals surface area (Å²) in [4.78, 5) is 8.79. The van der Waals surface area contributed by atoms with Crippen LogP contribution in [0.25, 0.3) is 11.4 Å². The Hall–Kier alpha value is -1.42. The van der Waals surface area contributed by atoms with Crippen LogP contribution in [0, 0.1) is 0 Å². The molecule has 88 valence electrons. The zero-order valence-corrected chi connectivity index (χ0v) is 11.2. The van der Waals surface area contributed by atoms with Gasteiger partial charge in [0.1, 0.15) is 5.82 Å². The van der Waals surface area contributed by atoms with Gasteiger partial charge < -0.3 is 5.32 Å². The highest BCUT2D eigenvalue weighted by atomic mass is 79.9. The van der Waals surface area contributed by atoms with Crippen molar-refractivity contribution >= 4 is 21.7 Å². The number of nitrogens with one attached hydrogen (secondary N) is 1. The Morgan fingerprint density at radius 2 is 2.06 bits per heavy atom. The van der Waals surface area contributed by atoms with Crippen LogP contribution in [0.2, 0.25) is 0 Å². The van der Waals surface area contributed by atoms with Gasteiger partial charge in [0.15, 0.2) is 5.82 Å². The van der Waals surface area contributed by atoms with Crippen molar-refractivity contribution in [1.29, 1.82) is 0 Å². The van der Waals surface area contributed by atoms with Gasteiger partial charge in [-0.15, -0.1) is 0 Å². The van der Waals surface area contributed by atoms with E-state index < -0.39 is 0 Å². The number of hydrogen-bond acceptors (Lipinski definition) is 3. The monoisotopic (exact) mass is 291 g/mol. The molecule has 0 unspecified atom stereocenters. The first-order chi connectivity index (χ1) is 8.31. The molecule has 2 rings (SSSR count). The van der Waals surface area contributed by atoms with Gasteiger partial charge in [-0.2, -0.15) is 0 Å². The van der Waals surface area contributed by atoms with Crippen LogP contribution >= 0.6 is 15.9 Å². The zero-order valence-electron chi connectivity index (χ0n) is 9.65. The standard InChI is InChI=1S/C13H14BrN3/c1-2-8-15-12-7-9-16-13(17-12)10-5-3-4-6-11(10)14/h3-7,9H,2,8H2,1H3,(H,15,16,17). The number of anilines is 1. The first kappa shape index (κ1) is 12.0. The molecule has 0 radical (unpaired) electrons. The molecule has 0 fully saturated rings. The highest BCUT2D eigenvalue weighted by Crippen LogP contribution is 2.25. The van der Waals surface area contributed by atoms with E-state index in [1.54, 1.807) is 6.20 Å². The van der Waals surface area contributed by atoms with Gasteiger partial charge in [0, 0.05) is 22.8 Å². The van der Waals surface area contributed by atoms with Crippen LogP contribution in [0.1, 0.15) is 13.3 Å². The first-order valence-electron chi connectivity index (χ1n) is 5.63. The fourth-order valence-corrected chi connectivity index (χ4v) is 1.94. The fourth-order valence-electron chi connectivity index (χ4n) is 1.48. The molecule has 0 bridgehead atoms. The van der Waals surface area contributed by atoms with Crippen molar-refractivity contribution in [3.63, 3.8) is 0 Å². The third-order valence-corrected chi connectivity index (χ3v) is 3.02. The Labute approximate surface area is 109 Å². The molecule has 0 aliphatic rings. The molecular formula is C13H14BrN3. The van der Waals surface area contributed by atoms with E-state index in [1.807, 2.05) is 30.3 Å². The number of benzene rings is 1. The van der Waals surface area contributed by atoms with Gasteiger partial charge in [0.25, 0.3) is 0 Å². The summed E-state index contributed by atoms with van der Waals surface area (Å²) in [5, 5.41) is 3.26. The topological polar surface area (TPSA) is 37.8 Å². The average molecular weight is 292 g/mol. The molecular weight excluding hydrogens is 278 g/mol. The lowest BCUT2D eigenvalue weighted by atomic mass is 10.2. The summed E-state index contributed by atoms with van der Waals surface area (Å²) in [6, 6.07) is 9.84. The maximum atomic E-state index is 4.49. The summed E-state index contributed by atoms with van der Waals surface area (Å²) in [5.41, 5.74) is 1.01. The molecule has 0 amide bonds. The van der Waals surface area contributed by atoms with Gasteiger partial charge >= 0.3 is 0 Å². The fraction of sp³-hybridized carbons (Fsp3) is 0.231. The van der Waals surface area contributed by atoms with Gasteiger partial charge in [-0.05, 0) is 18.6 Å². The molecule has 0 spiro atoms. The molecule has 17 heavy (non-hydrogen) atoms. The predicted octanol–water partition coefficient (Wildman–Crippen LogP) is 3.73. The maximum Gasteiger partial charge on any atom is 0.162 e. The van der Waals surface area contributed by atoms with Crippen molar-refractivity contribution in [2.75, 3.05) is 11.9 Å². The molecule has 2 aromatic rings. The molecule has 0 saturated carbocycles. The first-order valence-corrected chi connectivity index (χ1v) is 6.42. The number of aromatic nitrogens is 2. The second-order valence-electron chi connectivity index (χ2n) is 3.67. The van der Waals surface area contributed by atoms with E-state index in [4.69, 9.17) is 0 Å². The highest BCUT2D eigenvalue weighted by molar-refractivity contribution is 9.10. The largest absolute Gasteiger partial charge is 0.370 e. The molecule has 4 heteroatoms. The third-order valence-electron chi connectivity index (χ3n) is 2.33. The minimum absolute atomic E-state index is 0.735. The second-order valence-corrected chi connectivity index (χ2v) is 4.53. The number of hydrogen-bond donors (Lipinski definition) is 1. The van der Waals surface area contributed by atoms with Crippen LogP contribution in [0.4, 0.5) is 5.82 Å². The second kappa shape index (κ2) is 5.77. The Balaban J connectivity index is 2.30. The Morgan fingerprint density at radius 3 is 2.82 bits per heavy atom. The lowest BCUT2D eigenvalue weighted by molar-refractivity contribution is 0.966. The quantitative estimate of drug-likeness (QED) is 0.933. The van der Waals surface area contributed by atoms with Crippen LogP contribution in [-0.2, 0) is 0 Å². The molecule has 3 nitrogen and oxygen atoms in total. The van der Waals surface area contributed by atoms with Crippen molar-refractivity contribution < 1.29 is 0 Å². The summed E-state index contributed by atoms with van der Waals surface area (Å²) in [6.45, 7) is 3.05. The van der Waals surface area contributed by atoms with Crippen molar-refractivity contribution in [2.24, 2.45) is 0 Å². The Bertz CT molecular complexity index is 500. The van der Waals surface area contributed by atoms with Gasteiger partial charge in [-0.3, -0.25) is 0 Å². The van der Waals surface area contributed by atoms with E-state index >= 15 is 0 Å². The van der Waals surface area contributed by atoms with E-state index in [1.165, 1.54) is 0 Å². The SMILES string of the molecule is CCCNc1ccnc(-c2ccccc2Br)n1. The van der Waals surface area contributed by atoms with E-state index in [0.717, 1.165) is 34.6 Å². The molecule has 1 aromatic heterocycles. The Morgan fingerprint density at radius 1 is 1.24 bits per heavy atom. The summed E-state index contributed by atoms with van der Waals surface area (Å²) in [6.07, 6.45) is 2.86. The molecule has 0 atom stereocenters. The smallest absolute Gasteiger partial charge is 0.162 e. The van der Waals surface area contributed by atoms with Crippen LogP contribution in [-0.4, -0.2) is 16.5 Å². The van der Waals surface area contributed by atoms with Gasteiger partial charge in [0.05, 0.1) is 0 Å². The molecule has 0 aliphatic carbocycles. The number of rotatable bonds is 4. The summed E-state index contributed by atoms with van der Waals surface area (Å²) in [5.74, 6) is 1.60. The third kappa shape index (κ3) is 3.03. The normalized spacial score (nSPS) is 10.2. The predicted molar refractivity (Wildman–Crippen MR) is 73.9 cm³/mol. The molecule has 0 saturated heterocycles. The van der Waals surface area contributed by atoms with Gasteiger partial charge in [-0.1, -0.05) is 41.1 Å². The van der Waals surface area contributed by atoms with Crippen molar-refractivity contribution in [3.8, 4) is 11.4 Å². The Kier molecular flexibility index (Phi) is 4.09. The summed E-state index contributed by atoms with van der Waals surface area (Å²) in [7, 11) is 0. The molecule has 0 aliphatic heterocycles. The van der Waals surface area contributed by atoms with E-state index in [2.05, 4.69) is 38.1 Å². The van der Waals surface area contributed by atoms with Crippen LogP contribution in [0.15, 0.2) is 41.0 Å². The average Bonchev–Trinajstić information content (AvgIpc) is 2.37. The van der Waals surface area contributed by atoms with Crippen LogP contribution in [0.3, 0.4) is 0 Å². The van der Waals surface area contributed by atoms with Crippen LogP contribution < -0.4 is 5.32 Å². The van der Waals surface area contributed by atoms with E-state index in [-0.39, 0.29) is 0 Å². The lowest BCUT2D eigenvalue weighted by Crippen LogP contribution is -2.03. The summed E-state index contributed by atoms with van der Waals surface area (Å²) >= 11 is 3.51. The van der Waals surface area contributed by atoms with Crippen molar-refractivity contribution in [3.05, 3.63) is 41.0 Å². The highest BCUT2D eigenvalue weighted by Gasteiger charge is 2.05. The zero-order chi connectivity index (χ0) is 12.1. The minimum atomic E-state index is 0.735. The maximum absolute atomic E-state index is 4.49. The number of halogens is 1.